The molecule has 1 rings (SSSR count). The molecule has 1 aromatic carbocycles. The molecule has 3 nitrogen and oxygen atoms in total. The summed E-state index contributed by atoms with van der Waals surface area (Å²) in [6.45, 7) is 4.31. The highest BCUT2D eigenvalue weighted by atomic mass is 16.5. The molecule has 0 saturated carbocycles. The number of hydrogen-bond donors (Lipinski definition) is 1. The Morgan fingerprint density at radius 2 is 2.06 bits per heavy atom. The lowest BCUT2D eigenvalue weighted by Crippen LogP contribution is -2.19. The molecule has 0 aliphatic carbocycles. The van der Waals surface area contributed by atoms with Crippen molar-refractivity contribution in [1.29, 1.82) is 0 Å². The second-order valence-corrected chi connectivity index (χ2v) is 4.47. The number of ether oxygens (including phenoxy) is 1. The standard InChI is InChI=1S/C14H23NO2/c1-12-10-13(6-7-14(12)17-3)11-15(2)8-4-5-9-16/h6-7,10,16H,4-5,8-9,11H2,1-3H3. The molecule has 0 heterocycles. The number of aliphatic hydroxyl groups excluding tert-OH is 1. The summed E-state index contributed by atoms with van der Waals surface area (Å²) in [6, 6.07) is 6.29. The highest BCUT2D eigenvalue weighted by Gasteiger charge is 2.03. The van der Waals surface area contributed by atoms with Gasteiger partial charge in [0.1, 0.15) is 5.75 Å². The van der Waals surface area contributed by atoms with Crippen molar-refractivity contribution >= 4 is 0 Å². The van der Waals surface area contributed by atoms with Gasteiger partial charge in [0, 0.05) is 13.2 Å². The third-order valence-corrected chi connectivity index (χ3v) is 2.86. The molecule has 0 aliphatic rings. The van der Waals surface area contributed by atoms with Crippen LogP contribution in [0.2, 0.25) is 0 Å². The molecule has 3 heteroatoms. The van der Waals surface area contributed by atoms with Gasteiger partial charge >= 0.3 is 0 Å². The molecule has 0 fully saturated rings. The Morgan fingerprint density at radius 3 is 2.65 bits per heavy atom. The van der Waals surface area contributed by atoms with Gasteiger partial charge in [0.15, 0.2) is 0 Å². The first-order chi connectivity index (χ1) is 8.17. The predicted molar refractivity (Wildman–Crippen MR) is 70.4 cm³/mol. The maximum atomic E-state index is 8.73. The Balaban J connectivity index is 2.48. The quantitative estimate of drug-likeness (QED) is 0.738. The van der Waals surface area contributed by atoms with Gasteiger partial charge in [-0.25, -0.2) is 0 Å². The van der Waals surface area contributed by atoms with Crippen LogP contribution in [-0.4, -0.2) is 37.3 Å². The van der Waals surface area contributed by atoms with Crippen LogP contribution in [0.3, 0.4) is 0 Å². The fraction of sp³-hybridized carbons (Fsp3) is 0.571. The molecule has 0 atom stereocenters. The van der Waals surface area contributed by atoms with E-state index in [1.165, 1.54) is 11.1 Å². The van der Waals surface area contributed by atoms with E-state index in [4.69, 9.17) is 9.84 Å². The van der Waals surface area contributed by atoms with Crippen LogP contribution in [0.25, 0.3) is 0 Å². The monoisotopic (exact) mass is 237 g/mol. The van der Waals surface area contributed by atoms with Crippen molar-refractivity contribution in [3.8, 4) is 5.75 Å². The molecule has 96 valence electrons. The van der Waals surface area contributed by atoms with Crippen LogP contribution in [0, 0.1) is 6.92 Å². The summed E-state index contributed by atoms with van der Waals surface area (Å²) in [5.74, 6) is 0.941. The predicted octanol–water partition coefficient (Wildman–Crippen LogP) is 2.21. The van der Waals surface area contributed by atoms with Crippen molar-refractivity contribution in [3.63, 3.8) is 0 Å². The molecule has 0 aromatic heterocycles. The molecule has 1 aromatic rings. The number of unbranched alkanes of at least 4 members (excludes halogenated alkanes) is 1. The average Bonchev–Trinajstić information content (AvgIpc) is 2.29. The van der Waals surface area contributed by atoms with E-state index in [0.717, 1.165) is 31.7 Å². The van der Waals surface area contributed by atoms with E-state index in [2.05, 4.69) is 31.0 Å². The number of benzene rings is 1. The zero-order chi connectivity index (χ0) is 12.7. The summed E-state index contributed by atoms with van der Waals surface area (Å²) in [6.07, 6.45) is 1.92. The number of methoxy groups -OCH3 is 1. The maximum absolute atomic E-state index is 8.73. The summed E-state index contributed by atoms with van der Waals surface area (Å²) in [4.78, 5) is 2.27. The van der Waals surface area contributed by atoms with Gasteiger partial charge in [-0.3, -0.25) is 0 Å². The molecule has 1 N–H and O–H groups in total. The van der Waals surface area contributed by atoms with Gasteiger partial charge in [0.05, 0.1) is 7.11 Å². The summed E-state index contributed by atoms with van der Waals surface area (Å²) < 4.78 is 5.24. The Hall–Kier alpha value is -1.06. The smallest absolute Gasteiger partial charge is 0.121 e. The summed E-state index contributed by atoms with van der Waals surface area (Å²) in [7, 11) is 3.81. The Morgan fingerprint density at radius 1 is 1.29 bits per heavy atom. The molecular weight excluding hydrogens is 214 g/mol. The zero-order valence-corrected chi connectivity index (χ0v) is 11.1. The van der Waals surface area contributed by atoms with Crippen molar-refractivity contribution in [3.05, 3.63) is 29.3 Å². The minimum atomic E-state index is 0.287. The van der Waals surface area contributed by atoms with Crippen LogP contribution < -0.4 is 4.74 Å². The molecule has 0 spiro atoms. The minimum Gasteiger partial charge on any atom is -0.496 e. The van der Waals surface area contributed by atoms with E-state index in [1.807, 2.05) is 6.07 Å². The highest BCUT2D eigenvalue weighted by Crippen LogP contribution is 2.19. The van der Waals surface area contributed by atoms with Crippen LogP contribution >= 0.6 is 0 Å². The summed E-state index contributed by atoms with van der Waals surface area (Å²) in [5, 5.41) is 8.73. The first-order valence-electron chi connectivity index (χ1n) is 6.10. The minimum absolute atomic E-state index is 0.287. The molecule has 0 unspecified atom stereocenters. The molecule has 0 bridgehead atoms. The van der Waals surface area contributed by atoms with E-state index < -0.39 is 0 Å². The average molecular weight is 237 g/mol. The molecule has 0 radical (unpaired) electrons. The molecule has 0 aliphatic heterocycles. The maximum Gasteiger partial charge on any atom is 0.121 e. The van der Waals surface area contributed by atoms with Gasteiger partial charge in [-0.2, -0.15) is 0 Å². The Labute approximate surface area is 104 Å². The van der Waals surface area contributed by atoms with E-state index >= 15 is 0 Å². The molecule has 17 heavy (non-hydrogen) atoms. The van der Waals surface area contributed by atoms with Crippen molar-refractivity contribution in [2.45, 2.75) is 26.3 Å². The van der Waals surface area contributed by atoms with Gasteiger partial charge in [0.25, 0.3) is 0 Å². The Bertz CT molecular complexity index is 339. The number of aryl methyl sites for hydroxylation is 1. The molecule has 0 saturated heterocycles. The topological polar surface area (TPSA) is 32.7 Å². The van der Waals surface area contributed by atoms with Gasteiger partial charge in [0.2, 0.25) is 0 Å². The fourth-order valence-corrected chi connectivity index (χ4v) is 1.92. The second kappa shape index (κ2) is 7.30. The van der Waals surface area contributed by atoms with Crippen molar-refractivity contribution in [1.82, 2.24) is 4.90 Å². The number of hydrogen-bond acceptors (Lipinski definition) is 3. The number of nitrogens with zero attached hydrogens (tertiary/aromatic N) is 1. The summed E-state index contributed by atoms with van der Waals surface area (Å²) >= 11 is 0. The van der Waals surface area contributed by atoms with Gasteiger partial charge in [-0.1, -0.05) is 12.1 Å². The van der Waals surface area contributed by atoms with Crippen molar-refractivity contribution < 1.29 is 9.84 Å². The first kappa shape index (κ1) is 14.0. The van der Waals surface area contributed by atoms with Crippen LogP contribution in [0.15, 0.2) is 18.2 Å². The van der Waals surface area contributed by atoms with Crippen LogP contribution in [0.4, 0.5) is 0 Å². The van der Waals surface area contributed by atoms with Crippen LogP contribution in [0.5, 0.6) is 5.75 Å². The normalized spacial score (nSPS) is 10.9. The van der Waals surface area contributed by atoms with Crippen LogP contribution in [0.1, 0.15) is 24.0 Å². The lowest BCUT2D eigenvalue weighted by molar-refractivity contribution is 0.261. The van der Waals surface area contributed by atoms with Gasteiger partial charge < -0.3 is 14.7 Å². The van der Waals surface area contributed by atoms with Crippen molar-refractivity contribution in [2.24, 2.45) is 0 Å². The summed E-state index contributed by atoms with van der Waals surface area (Å²) in [5.41, 5.74) is 2.48. The Kier molecular flexibility index (Phi) is 6.01. The van der Waals surface area contributed by atoms with E-state index in [-0.39, 0.29) is 6.61 Å². The fourth-order valence-electron chi connectivity index (χ4n) is 1.92. The highest BCUT2D eigenvalue weighted by molar-refractivity contribution is 5.36. The van der Waals surface area contributed by atoms with Gasteiger partial charge in [-0.15, -0.1) is 0 Å². The van der Waals surface area contributed by atoms with E-state index in [0.29, 0.717) is 0 Å². The first-order valence-corrected chi connectivity index (χ1v) is 6.10. The van der Waals surface area contributed by atoms with Gasteiger partial charge in [-0.05, 0) is 50.6 Å². The molecular formula is C14H23NO2. The lowest BCUT2D eigenvalue weighted by atomic mass is 10.1. The third kappa shape index (κ3) is 4.75. The largest absolute Gasteiger partial charge is 0.496 e. The second-order valence-electron chi connectivity index (χ2n) is 4.47. The SMILES string of the molecule is COc1ccc(CN(C)CCCCO)cc1C. The van der Waals surface area contributed by atoms with E-state index in [1.54, 1.807) is 7.11 Å². The van der Waals surface area contributed by atoms with Crippen LogP contribution in [-0.2, 0) is 6.54 Å². The lowest BCUT2D eigenvalue weighted by Gasteiger charge is -2.17. The number of aliphatic hydroxyl groups is 1. The zero-order valence-electron chi connectivity index (χ0n) is 11.1. The third-order valence-electron chi connectivity index (χ3n) is 2.86. The van der Waals surface area contributed by atoms with Crippen molar-refractivity contribution in [2.75, 3.05) is 27.3 Å². The van der Waals surface area contributed by atoms with E-state index in [9.17, 15) is 0 Å². The number of rotatable bonds is 7. The molecule has 0 amide bonds.